The lowest BCUT2D eigenvalue weighted by Gasteiger charge is -2.02. The van der Waals surface area contributed by atoms with E-state index >= 15 is 0 Å². The van der Waals surface area contributed by atoms with Gasteiger partial charge < -0.3 is 4.42 Å². The smallest absolute Gasteiger partial charge is 0.203 e. The van der Waals surface area contributed by atoms with Crippen LogP contribution in [0.5, 0.6) is 0 Å². The molecule has 122 valence electrons. The Balaban J connectivity index is 1.94. The summed E-state index contributed by atoms with van der Waals surface area (Å²) in [5.74, 6) is 0.525. The molecule has 1 aromatic heterocycles. The zero-order valence-corrected chi connectivity index (χ0v) is 14.4. The lowest BCUT2D eigenvalue weighted by atomic mass is 10.0. The van der Waals surface area contributed by atoms with Crippen molar-refractivity contribution in [1.82, 2.24) is 0 Å². The van der Waals surface area contributed by atoms with E-state index in [0.29, 0.717) is 32.7 Å². The Hall–Kier alpha value is -2.80. The van der Waals surface area contributed by atoms with Gasteiger partial charge in [-0.15, -0.1) is 0 Å². The Bertz CT molecular complexity index is 998. The molecule has 0 amide bonds. The van der Waals surface area contributed by atoms with E-state index in [0.717, 1.165) is 0 Å². The van der Waals surface area contributed by atoms with Gasteiger partial charge in [-0.25, -0.2) is 0 Å². The fraction of sp³-hybridized carbons (Fsp3) is 0. The molecule has 0 radical (unpaired) electrons. The molecule has 3 aromatic rings. The quantitative estimate of drug-likeness (QED) is 0.320. The Morgan fingerprint density at radius 3 is 2.48 bits per heavy atom. The second-order valence-corrected chi connectivity index (χ2v) is 5.95. The molecule has 25 heavy (non-hydrogen) atoms. The van der Waals surface area contributed by atoms with E-state index in [2.05, 4.69) is 0 Å². The van der Waals surface area contributed by atoms with Gasteiger partial charge in [0.1, 0.15) is 23.2 Å². The third kappa shape index (κ3) is 3.66. The van der Waals surface area contributed by atoms with Gasteiger partial charge in [0.15, 0.2) is 0 Å². The van der Waals surface area contributed by atoms with E-state index < -0.39 is 0 Å². The van der Waals surface area contributed by atoms with E-state index in [4.69, 9.17) is 27.6 Å². The summed E-state index contributed by atoms with van der Waals surface area (Å²) in [6.45, 7) is 0. The average Bonchev–Trinajstić information content (AvgIpc) is 3.10. The number of halogens is 2. The van der Waals surface area contributed by atoms with Crippen molar-refractivity contribution in [2.45, 2.75) is 0 Å². The number of Topliss-reactive ketones (excluding diaryl/α,β-unsaturated/α-hetero) is 1. The lowest BCUT2D eigenvalue weighted by molar-refractivity contribution is 0.104. The van der Waals surface area contributed by atoms with Crippen LogP contribution in [0.4, 0.5) is 0 Å². The van der Waals surface area contributed by atoms with Crippen molar-refractivity contribution in [3.63, 3.8) is 0 Å². The average molecular weight is 368 g/mol. The number of carbonyl (C=O) groups is 1. The van der Waals surface area contributed by atoms with Crippen LogP contribution < -0.4 is 0 Å². The van der Waals surface area contributed by atoms with Crippen molar-refractivity contribution in [2.75, 3.05) is 0 Å². The number of carbonyl (C=O) groups excluding carboxylic acids is 1. The maximum Gasteiger partial charge on any atom is 0.203 e. The molecule has 0 aliphatic carbocycles. The van der Waals surface area contributed by atoms with Gasteiger partial charge in [0.05, 0.1) is 10.0 Å². The van der Waals surface area contributed by atoms with E-state index in [9.17, 15) is 10.1 Å². The minimum atomic E-state index is -0.359. The number of nitrogens with zero attached hydrogens (tertiary/aromatic N) is 1. The number of allylic oxidation sites excluding steroid dienone is 1. The number of nitriles is 1. The Morgan fingerprint density at radius 1 is 1.00 bits per heavy atom. The van der Waals surface area contributed by atoms with Crippen LogP contribution in [0.1, 0.15) is 16.1 Å². The Kier molecular flexibility index (Phi) is 5.04. The topological polar surface area (TPSA) is 54.0 Å². The van der Waals surface area contributed by atoms with E-state index in [1.807, 2.05) is 6.07 Å². The maximum absolute atomic E-state index is 12.4. The summed E-state index contributed by atoms with van der Waals surface area (Å²) in [5, 5.41) is 10.1. The highest BCUT2D eigenvalue weighted by atomic mass is 35.5. The monoisotopic (exact) mass is 367 g/mol. The standard InChI is InChI=1S/C20H11Cl2NO2/c21-17-8-4-7-16(19(17)22)18-10-9-15(25-18)11-14(12-23)20(24)13-5-2-1-3-6-13/h1-11H/b14-11-. The minimum Gasteiger partial charge on any atom is -0.457 e. The number of rotatable bonds is 4. The maximum atomic E-state index is 12.4. The molecule has 0 aliphatic rings. The number of hydrogen-bond acceptors (Lipinski definition) is 3. The first-order valence-corrected chi connectivity index (χ1v) is 8.11. The fourth-order valence-electron chi connectivity index (χ4n) is 2.31. The van der Waals surface area contributed by atoms with Crippen molar-refractivity contribution in [2.24, 2.45) is 0 Å². The van der Waals surface area contributed by atoms with Crippen LogP contribution in [0.15, 0.2) is 70.7 Å². The first-order chi connectivity index (χ1) is 12.1. The number of benzene rings is 2. The third-order valence-corrected chi connectivity index (χ3v) is 4.35. The van der Waals surface area contributed by atoms with Gasteiger partial charge in [0.25, 0.3) is 0 Å². The Labute approximate surface area is 154 Å². The van der Waals surface area contributed by atoms with Gasteiger partial charge in [-0.3, -0.25) is 4.79 Å². The van der Waals surface area contributed by atoms with E-state index in [-0.39, 0.29) is 11.4 Å². The van der Waals surface area contributed by atoms with Gasteiger partial charge in [-0.05, 0) is 24.3 Å². The van der Waals surface area contributed by atoms with E-state index in [1.165, 1.54) is 6.08 Å². The molecule has 5 heteroatoms. The highest BCUT2D eigenvalue weighted by Crippen LogP contribution is 2.34. The molecule has 0 bridgehead atoms. The van der Waals surface area contributed by atoms with Crippen molar-refractivity contribution < 1.29 is 9.21 Å². The number of hydrogen-bond donors (Lipinski definition) is 0. The second kappa shape index (κ2) is 7.40. The molecule has 0 aliphatic heterocycles. The molecule has 0 N–H and O–H groups in total. The summed E-state index contributed by atoms with van der Waals surface area (Å²) < 4.78 is 5.70. The fourth-order valence-corrected chi connectivity index (χ4v) is 2.70. The zero-order chi connectivity index (χ0) is 17.8. The summed E-state index contributed by atoms with van der Waals surface area (Å²) >= 11 is 12.2. The van der Waals surface area contributed by atoms with Crippen LogP contribution in [0, 0.1) is 11.3 Å². The highest BCUT2D eigenvalue weighted by molar-refractivity contribution is 6.43. The third-order valence-electron chi connectivity index (χ3n) is 3.53. The zero-order valence-electron chi connectivity index (χ0n) is 12.9. The van der Waals surface area contributed by atoms with Gasteiger partial charge >= 0.3 is 0 Å². The molecule has 2 aromatic carbocycles. The lowest BCUT2D eigenvalue weighted by Crippen LogP contribution is -2.01. The summed E-state index contributed by atoms with van der Waals surface area (Å²) in [6.07, 6.45) is 1.41. The molecule has 3 rings (SSSR count). The van der Waals surface area contributed by atoms with Crippen molar-refractivity contribution >= 4 is 35.1 Å². The van der Waals surface area contributed by atoms with Gasteiger partial charge in [-0.1, -0.05) is 59.6 Å². The SMILES string of the molecule is N#C/C(=C/c1ccc(-c2cccc(Cl)c2Cl)o1)C(=O)c1ccccc1. The molecule has 3 nitrogen and oxygen atoms in total. The van der Waals surface area contributed by atoms with Crippen LogP contribution in [0.25, 0.3) is 17.4 Å². The van der Waals surface area contributed by atoms with Crippen LogP contribution >= 0.6 is 23.2 Å². The summed E-state index contributed by atoms with van der Waals surface area (Å²) in [4.78, 5) is 12.4. The minimum absolute atomic E-state index is 0.00992. The first kappa shape index (κ1) is 17.0. The van der Waals surface area contributed by atoms with Gasteiger partial charge in [0, 0.05) is 17.2 Å². The van der Waals surface area contributed by atoms with Crippen LogP contribution in [0.3, 0.4) is 0 Å². The molecule has 0 spiro atoms. The van der Waals surface area contributed by atoms with Crippen LogP contribution in [-0.4, -0.2) is 5.78 Å². The normalized spacial score (nSPS) is 11.2. The van der Waals surface area contributed by atoms with Crippen molar-refractivity contribution in [3.8, 4) is 17.4 Å². The summed E-state index contributed by atoms with van der Waals surface area (Å²) in [6, 6.07) is 19.1. The molecule has 0 atom stereocenters. The van der Waals surface area contributed by atoms with Crippen molar-refractivity contribution in [1.29, 1.82) is 5.26 Å². The van der Waals surface area contributed by atoms with Crippen molar-refractivity contribution in [3.05, 3.63) is 87.6 Å². The van der Waals surface area contributed by atoms with Crippen LogP contribution in [0.2, 0.25) is 10.0 Å². The largest absolute Gasteiger partial charge is 0.457 e. The first-order valence-electron chi connectivity index (χ1n) is 7.36. The molecule has 0 unspecified atom stereocenters. The second-order valence-electron chi connectivity index (χ2n) is 5.17. The predicted octanol–water partition coefficient (Wildman–Crippen LogP) is 6.04. The molecule has 0 fully saturated rings. The summed E-state index contributed by atoms with van der Waals surface area (Å²) in [7, 11) is 0. The molecule has 0 saturated carbocycles. The highest BCUT2D eigenvalue weighted by Gasteiger charge is 2.14. The van der Waals surface area contributed by atoms with Crippen LogP contribution in [-0.2, 0) is 0 Å². The Morgan fingerprint density at radius 2 is 1.76 bits per heavy atom. The number of ketones is 1. The molecular formula is C20H11Cl2NO2. The van der Waals surface area contributed by atoms with Gasteiger partial charge in [0.2, 0.25) is 5.78 Å². The summed E-state index contributed by atoms with van der Waals surface area (Å²) in [5.41, 5.74) is 1.07. The number of furan rings is 1. The predicted molar refractivity (Wildman–Crippen MR) is 98.5 cm³/mol. The molecule has 0 saturated heterocycles. The van der Waals surface area contributed by atoms with E-state index in [1.54, 1.807) is 60.7 Å². The molecule has 1 heterocycles. The van der Waals surface area contributed by atoms with Gasteiger partial charge in [-0.2, -0.15) is 5.26 Å². The molecular weight excluding hydrogens is 357 g/mol.